The number of nitrogens with zero attached hydrogens (tertiary/aromatic N) is 1. The number of hydroxylamine groups is 2. The largest absolute Gasteiger partial charge is 0.480 e. The molecule has 0 bridgehead atoms. The highest BCUT2D eigenvalue weighted by atomic mass is 32.2. The monoisotopic (exact) mass is 531 g/mol. The van der Waals surface area contributed by atoms with Crippen LogP contribution in [-0.4, -0.2) is 61.0 Å². The fourth-order valence-corrected chi connectivity index (χ4v) is 5.42. The van der Waals surface area contributed by atoms with Gasteiger partial charge in [0, 0.05) is 18.2 Å². The number of aryl methyl sites for hydroxylation is 1. The maximum absolute atomic E-state index is 12.6. The van der Waals surface area contributed by atoms with Crippen molar-refractivity contribution in [1.29, 1.82) is 5.41 Å². The van der Waals surface area contributed by atoms with Gasteiger partial charge >= 0.3 is 5.97 Å². The van der Waals surface area contributed by atoms with Crippen LogP contribution in [0.5, 0.6) is 0 Å². The number of hydrogen-bond donors (Lipinski definition) is 5. The maximum atomic E-state index is 12.6. The summed E-state index contributed by atoms with van der Waals surface area (Å²) in [6.07, 6.45) is 0.0439. The van der Waals surface area contributed by atoms with Gasteiger partial charge in [-0.3, -0.25) is 19.8 Å². The Labute approximate surface area is 216 Å². The van der Waals surface area contributed by atoms with E-state index in [1.165, 1.54) is 12.1 Å². The number of hydrogen-bond acceptors (Lipinski definition) is 7. The fourth-order valence-electron chi connectivity index (χ4n) is 4.12. The zero-order valence-corrected chi connectivity index (χ0v) is 21.8. The van der Waals surface area contributed by atoms with Crippen molar-refractivity contribution in [2.45, 2.75) is 62.7 Å². The van der Waals surface area contributed by atoms with E-state index in [-0.39, 0.29) is 29.2 Å². The molecule has 200 valence electrons. The molecule has 1 aliphatic heterocycles. The van der Waals surface area contributed by atoms with Crippen LogP contribution in [0.3, 0.4) is 0 Å². The second-order valence-corrected chi connectivity index (χ2v) is 11.0. The average Bonchev–Trinajstić information content (AvgIpc) is 3.25. The van der Waals surface area contributed by atoms with E-state index in [1.54, 1.807) is 31.2 Å². The quantitative estimate of drug-likeness (QED) is 0.215. The Morgan fingerprint density at radius 1 is 1.22 bits per heavy atom. The number of aliphatic carboxylic acids is 1. The molecular weight excluding hydrogens is 498 g/mol. The lowest BCUT2D eigenvalue weighted by molar-refractivity contribution is -0.185. The van der Waals surface area contributed by atoms with Crippen LogP contribution in [0.2, 0.25) is 0 Å². The van der Waals surface area contributed by atoms with E-state index in [1.807, 2.05) is 31.0 Å². The SMILES string of the molecule is Cc1cccc(S(=O)(=O)N[C@@H](CNC(=O)C[C@@H]2C[C@H](c3ccc(C(=N)N)cc3)N(C(C)C)O2)C(=O)O)c1. The highest BCUT2D eigenvalue weighted by Gasteiger charge is 2.37. The predicted octanol–water partition coefficient (Wildman–Crippen LogP) is 1.67. The molecule has 0 unspecified atom stereocenters. The molecule has 3 atom stereocenters. The Morgan fingerprint density at radius 3 is 2.46 bits per heavy atom. The van der Waals surface area contributed by atoms with Gasteiger partial charge in [0.2, 0.25) is 15.9 Å². The summed E-state index contributed by atoms with van der Waals surface area (Å²) in [5.41, 5.74) is 7.82. The zero-order valence-electron chi connectivity index (χ0n) is 21.0. The third kappa shape index (κ3) is 7.35. The molecule has 1 aliphatic rings. The van der Waals surface area contributed by atoms with Crippen LogP contribution in [-0.2, 0) is 24.4 Å². The van der Waals surface area contributed by atoms with Crippen LogP contribution in [0, 0.1) is 12.3 Å². The molecule has 0 aliphatic carbocycles. The van der Waals surface area contributed by atoms with Crippen molar-refractivity contribution in [3.05, 3.63) is 65.2 Å². The lowest BCUT2D eigenvalue weighted by Gasteiger charge is -2.26. The number of benzene rings is 2. The Bertz CT molecular complexity index is 1250. The molecule has 6 N–H and O–H groups in total. The average molecular weight is 532 g/mol. The van der Waals surface area contributed by atoms with Crippen molar-refractivity contribution in [1.82, 2.24) is 15.1 Å². The van der Waals surface area contributed by atoms with Gasteiger partial charge in [-0.2, -0.15) is 9.79 Å². The Hall–Kier alpha value is -3.32. The maximum Gasteiger partial charge on any atom is 0.323 e. The van der Waals surface area contributed by atoms with Crippen molar-refractivity contribution >= 4 is 27.7 Å². The van der Waals surface area contributed by atoms with Gasteiger partial charge in [0.05, 0.1) is 23.5 Å². The smallest absolute Gasteiger partial charge is 0.323 e. The second-order valence-electron chi connectivity index (χ2n) is 9.31. The fraction of sp³-hybridized carbons (Fsp3) is 0.400. The molecular formula is C25H33N5O6S. The molecule has 12 heteroatoms. The molecule has 1 heterocycles. The molecule has 1 saturated heterocycles. The number of nitrogens with two attached hydrogens (primary N) is 1. The van der Waals surface area contributed by atoms with E-state index >= 15 is 0 Å². The van der Waals surface area contributed by atoms with Gasteiger partial charge in [-0.05, 0) is 50.5 Å². The normalized spacial score (nSPS) is 19.0. The van der Waals surface area contributed by atoms with Gasteiger partial charge in [-0.25, -0.2) is 8.42 Å². The van der Waals surface area contributed by atoms with E-state index in [4.69, 9.17) is 16.0 Å². The second kappa shape index (κ2) is 11.8. The first-order valence-corrected chi connectivity index (χ1v) is 13.3. The van der Waals surface area contributed by atoms with Crippen LogP contribution in [0.15, 0.2) is 53.4 Å². The summed E-state index contributed by atoms with van der Waals surface area (Å²) < 4.78 is 27.4. The topological polar surface area (TPSA) is 175 Å². The number of carboxylic acids is 1. The minimum Gasteiger partial charge on any atom is -0.480 e. The molecule has 1 fully saturated rings. The van der Waals surface area contributed by atoms with Crippen molar-refractivity contribution in [2.75, 3.05) is 6.54 Å². The molecule has 2 aromatic rings. The number of amides is 1. The van der Waals surface area contributed by atoms with Gasteiger partial charge in [0.25, 0.3) is 0 Å². The van der Waals surface area contributed by atoms with Crippen molar-refractivity contribution in [3.8, 4) is 0 Å². The summed E-state index contributed by atoms with van der Waals surface area (Å²) in [5, 5.41) is 21.4. The molecule has 0 aromatic heterocycles. The highest BCUT2D eigenvalue weighted by Crippen LogP contribution is 2.36. The van der Waals surface area contributed by atoms with Crippen molar-refractivity contribution < 1.29 is 28.0 Å². The summed E-state index contributed by atoms with van der Waals surface area (Å²) in [6, 6.07) is 11.7. The number of nitrogens with one attached hydrogen (secondary N) is 3. The molecule has 11 nitrogen and oxygen atoms in total. The summed E-state index contributed by atoms with van der Waals surface area (Å²) >= 11 is 0. The summed E-state index contributed by atoms with van der Waals surface area (Å²) in [4.78, 5) is 30.3. The van der Waals surface area contributed by atoms with E-state index in [2.05, 4.69) is 10.0 Å². The van der Waals surface area contributed by atoms with Gasteiger partial charge in [0.1, 0.15) is 11.9 Å². The van der Waals surface area contributed by atoms with Crippen LogP contribution < -0.4 is 15.8 Å². The molecule has 0 saturated carbocycles. The Morgan fingerprint density at radius 2 is 1.89 bits per heavy atom. The first-order valence-electron chi connectivity index (χ1n) is 11.9. The van der Waals surface area contributed by atoms with Crippen molar-refractivity contribution in [2.24, 2.45) is 5.73 Å². The van der Waals surface area contributed by atoms with Gasteiger partial charge in [0.15, 0.2) is 0 Å². The first kappa shape index (κ1) is 28.3. The minimum absolute atomic E-state index is 0.0228. The van der Waals surface area contributed by atoms with E-state index in [0.717, 1.165) is 5.56 Å². The number of nitrogen functional groups attached to an aromatic ring is 1. The lowest BCUT2D eigenvalue weighted by Crippen LogP contribution is -2.48. The van der Waals surface area contributed by atoms with Crippen LogP contribution in [0.4, 0.5) is 0 Å². The summed E-state index contributed by atoms with van der Waals surface area (Å²) in [6.45, 7) is 5.25. The highest BCUT2D eigenvalue weighted by molar-refractivity contribution is 7.89. The number of sulfonamides is 1. The first-order chi connectivity index (χ1) is 17.4. The van der Waals surface area contributed by atoms with Gasteiger partial charge in [-0.1, -0.05) is 36.4 Å². The Kier molecular flexibility index (Phi) is 9.02. The Balaban J connectivity index is 1.61. The third-order valence-corrected chi connectivity index (χ3v) is 7.46. The van der Waals surface area contributed by atoms with Gasteiger partial charge in [-0.15, -0.1) is 0 Å². The minimum atomic E-state index is -4.10. The molecule has 0 spiro atoms. The molecule has 2 aromatic carbocycles. The van der Waals surface area contributed by atoms with Crippen LogP contribution in [0.1, 0.15) is 49.4 Å². The predicted molar refractivity (Wildman–Crippen MR) is 137 cm³/mol. The van der Waals surface area contributed by atoms with E-state index in [9.17, 15) is 23.1 Å². The molecule has 37 heavy (non-hydrogen) atoms. The number of carboxylic acid groups (broad SMARTS) is 1. The van der Waals surface area contributed by atoms with Gasteiger partial charge < -0.3 is 16.2 Å². The number of carbonyl (C=O) groups excluding carboxylic acids is 1. The number of rotatable bonds is 11. The van der Waals surface area contributed by atoms with Crippen LogP contribution in [0.25, 0.3) is 0 Å². The third-order valence-electron chi connectivity index (χ3n) is 5.99. The molecule has 1 amide bonds. The number of carbonyl (C=O) groups is 2. The molecule has 3 rings (SSSR count). The van der Waals surface area contributed by atoms with E-state index < -0.39 is 40.6 Å². The summed E-state index contributed by atoms with van der Waals surface area (Å²) in [7, 11) is -4.10. The lowest BCUT2D eigenvalue weighted by atomic mass is 9.98. The van der Waals surface area contributed by atoms with Crippen molar-refractivity contribution in [3.63, 3.8) is 0 Å². The number of amidine groups is 1. The molecule has 0 radical (unpaired) electrons. The van der Waals surface area contributed by atoms with E-state index in [0.29, 0.717) is 17.5 Å². The summed E-state index contributed by atoms with van der Waals surface area (Å²) in [5.74, 6) is -1.89. The zero-order chi connectivity index (χ0) is 27.3. The van der Waals surface area contributed by atoms with Crippen LogP contribution >= 0.6 is 0 Å². The standard InChI is InChI=1S/C25H33N5O6S/c1-15(2)30-22(17-7-9-18(10-8-17)24(26)27)12-19(36-30)13-23(31)28-14-21(25(32)33)29-37(34,35)20-6-4-5-16(3)11-20/h4-11,15,19,21-22,29H,12-14H2,1-3H3,(H3,26,27)(H,28,31)(H,32,33)/t19-,21-,22+/m0/s1.